The fourth-order valence-corrected chi connectivity index (χ4v) is 1.37. The lowest BCUT2D eigenvalue weighted by Gasteiger charge is -2.10. The molecular weight excluding hydrogens is 204 g/mol. The molecule has 0 amide bonds. The first-order chi connectivity index (χ1) is 7.81. The SMILES string of the molecule is COc1cc(C#N)ccc1NCCCCO. The fraction of sp³-hybridized carbons (Fsp3) is 0.417. The minimum absolute atomic E-state index is 0.214. The zero-order valence-electron chi connectivity index (χ0n) is 9.36. The number of hydrogen-bond acceptors (Lipinski definition) is 4. The first kappa shape index (κ1) is 12.3. The van der Waals surface area contributed by atoms with E-state index in [9.17, 15) is 0 Å². The van der Waals surface area contributed by atoms with Gasteiger partial charge >= 0.3 is 0 Å². The predicted molar refractivity (Wildman–Crippen MR) is 62.5 cm³/mol. The topological polar surface area (TPSA) is 65.3 Å². The van der Waals surface area contributed by atoms with E-state index in [4.69, 9.17) is 15.1 Å². The van der Waals surface area contributed by atoms with E-state index in [1.807, 2.05) is 6.07 Å². The maximum atomic E-state index is 8.74. The number of benzene rings is 1. The van der Waals surface area contributed by atoms with Crippen molar-refractivity contribution in [3.63, 3.8) is 0 Å². The summed E-state index contributed by atoms with van der Waals surface area (Å²) in [4.78, 5) is 0. The molecule has 86 valence electrons. The van der Waals surface area contributed by atoms with Crippen LogP contribution in [0.25, 0.3) is 0 Å². The van der Waals surface area contributed by atoms with Crippen molar-refractivity contribution in [2.75, 3.05) is 25.6 Å². The molecule has 0 saturated heterocycles. The number of anilines is 1. The van der Waals surface area contributed by atoms with Crippen LogP contribution < -0.4 is 10.1 Å². The molecule has 0 aromatic heterocycles. The van der Waals surface area contributed by atoms with E-state index in [-0.39, 0.29) is 6.61 Å². The molecule has 0 fully saturated rings. The van der Waals surface area contributed by atoms with Gasteiger partial charge in [0.25, 0.3) is 0 Å². The summed E-state index contributed by atoms with van der Waals surface area (Å²) in [6.07, 6.45) is 1.69. The standard InChI is InChI=1S/C12H16N2O2/c1-16-12-8-10(9-13)4-5-11(12)14-6-2-3-7-15/h4-5,8,14-15H,2-3,6-7H2,1H3. The second-order valence-electron chi connectivity index (χ2n) is 3.38. The molecule has 0 radical (unpaired) electrons. The highest BCUT2D eigenvalue weighted by Gasteiger charge is 2.03. The van der Waals surface area contributed by atoms with Crippen LogP contribution in [0.15, 0.2) is 18.2 Å². The number of nitrogens with zero attached hydrogens (tertiary/aromatic N) is 1. The zero-order chi connectivity index (χ0) is 11.8. The van der Waals surface area contributed by atoms with Gasteiger partial charge in [0, 0.05) is 19.2 Å². The molecule has 0 saturated carbocycles. The lowest BCUT2D eigenvalue weighted by molar-refractivity contribution is 0.286. The Bertz CT molecular complexity index is 372. The Balaban J connectivity index is 2.62. The largest absolute Gasteiger partial charge is 0.495 e. The molecule has 2 N–H and O–H groups in total. The van der Waals surface area contributed by atoms with Gasteiger partial charge in [-0.15, -0.1) is 0 Å². The molecule has 1 aromatic carbocycles. The molecule has 0 atom stereocenters. The van der Waals surface area contributed by atoms with Crippen LogP contribution in [-0.4, -0.2) is 25.4 Å². The second kappa shape index (κ2) is 6.70. The number of ether oxygens (including phenoxy) is 1. The molecule has 0 unspecified atom stereocenters. The average molecular weight is 220 g/mol. The smallest absolute Gasteiger partial charge is 0.143 e. The van der Waals surface area contributed by atoms with Gasteiger partial charge in [-0.25, -0.2) is 0 Å². The number of rotatable bonds is 6. The van der Waals surface area contributed by atoms with E-state index in [1.54, 1.807) is 19.2 Å². The van der Waals surface area contributed by atoms with Crippen molar-refractivity contribution >= 4 is 5.69 Å². The number of aliphatic hydroxyl groups excluding tert-OH is 1. The van der Waals surface area contributed by atoms with Crippen LogP contribution in [0.2, 0.25) is 0 Å². The van der Waals surface area contributed by atoms with Crippen molar-refractivity contribution < 1.29 is 9.84 Å². The van der Waals surface area contributed by atoms with Crippen LogP contribution in [0, 0.1) is 11.3 Å². The molecule has 4 heteroatoms. The highest BCUT2D eigenvalue weighted by molar-refractivity contribution is 5.59. The summed E-state index contributed by atoms with van der Waals surface area (Å²) in [5.41, 5.74) is 1.46. The second-order valence-corrected chi connectivity index (χ2v) is 3.38. The molecule has 16 heavy (non-hydrogen) atoms. The Labute approximate surface area is 95.5 Å². The van der Waals surface area contributed by atoms with Gasteiger partial charge in [-0.2, -0.15) is 5.26 Å². The maximum absolute atomic E-state index is 8.74. The summed E-state index contributed by atoms with van der Waals surface area (Å²) in [7, 11) is 1.58. The first-order valence-corrected chi connectivity index (χ1v) is 5.24. The lowest BCUT2D eigenvalue weighted by atomic mass is 10.2. The van der Waals surface area contributed by atoms with Gasteiger partial charge in [-0.1, -0.05) is 0 Å². The van der Waals surface area contributed by atoms with Crippen molar-refractivity contribution in [3.05, 3.63) is 23.8 Å². The van der Waals surface area contributed by atoms with Crippen LogP contribution in [0.5, 0.6) is 5.75 Å². The molecule has 0 aliphatic heterocycles. The molecule has 1 aromatic rings. The number of nitrogens with one attached hydrogen (secondary N) is 1. The van der Waals surface area contributed by atoms with E-state index in [1.165, 1.54) is 0 Å². The molecule has 0 spiro atoms. The fourth-order valence-electron chi connectivity index (χ4n) is 1.37. The highest BCUT2D eigenvalue weighted by atomic mass is 16.5. The van der Waals surface area contributed by atoms with Gasteiger partial charge in [0.1, 0.15) is 5.75 Å². The van der Waals surface area contributed by atoms with Gasteiger partial charge in [-0.3, -0.25) is 0 Å². The Morgan fingerprint density at radius 1 is 1.44 bits per heavy atom. The van der Waals surface area contributed by atoms with Crippen LogP contribution in [0.1, 0.15) is 18.4 Å². The molecule has 1 rings (SSSR count). The summed E-state index contributed by atoms with van der Waals surface area (Å²) >= 11 is 0. The normalized spacial score (nSPS) is 9.56. The Kier molecular flexibility index (Phi) is 5.17. The first-order valence-electron chi connectivity index (χ1n) is 5.24. The molecule has 0 heterocycles. The quantitative estimate of drug-likeness (QED) is 0.717. The van der Waals surface area contributed by atoms with Crippen molar-refractivity contribution in [2.45, 2.75) is 12.8 Å². The van der Waals surface area contributed by atoms with Gasteiger partial charge in [0.05, 0.1) is 24.4 Å². The highest BCUT2D eigenvalue weighted by Crippen LogP contribution is 2.25. The van der Waals surface area contributed by atoms with Crippen LogP contribution in [0.4, 0.5) is 5.69 Å². The molecule has 0 bridgehead atoms. The minimum Gasteiger partial charge on any atom is -0.495 e. The monoisotopic (exact) mass is 220 g/mol. The van der Waals surface area contributed by atoms with Gasteiger partial charge < -0.3 is 15.2 Å². The maximum Gasteiger partial charge on any atom is 0.143 e. The summed E-state index contributed by atoms with van der Waals surface area (Å²) in [5.74, 6) is 0.669. The summed E-state index contributed by atoms with van der Waals surface area (Å²) in [5, 5.41) is 20.6. The Morgan fingerprint density at radius 3 is 2.88 bits per heavy atom. The van der Waals surface area contributed by atoms with Gasteiger partial charge in [0.2, 0.25) is 0 Å². The van der Waals surface area contributed by atoms with Gasteiger partial charge in [0.15, 0.2) is 0 Å². The third kappa shape index (κ3) is 3.44. The zero-order valence-corrected chi connectivity index (χ0v) is 9.36. The summed E-state index contributed by atoms with van der Waals surface area (Å²) in [6, 6.07) is 7.34. The molecule has 4 nitrogen and oxygen atoms in total. The number of aliphatic hydroxyl groups is 1. The third-order valence-electron chi connectivity index (χ3n) is 2.23. The molecule has 0 aliphatic rings. The van der Waals surface area contributed by atoms with Crippen LogP contribution in [0.3, 0.4) is 0 Å². The third-order valence-corrected chi connectivity index (χ3v) is 2.23. The lowest BCUT2D eigenvalue weighted by Crippen LogP contribution is -2.04. The Morgan fingerprint density at radius 2 is 2.25 bits per heavy atom. The summed E-state index contributed by atoms with van der Waals surface area (Å²) in [6.45, 7) is 0.995. The van der Waals surface area contributed by atoms with E-state index in [0.29, 0.717) is 11.3 Å². The van der Waals surface area contributed by atoms with E-state index in [2.05, 4.69) is 11.4 Å². The minimum atomic E-state index is 0.214. The Hall–Kier alpha value is -1.73. The number of methoxy groups -OCH3 is 1. The number of unbranched alkanes of at least 4 members (excludes halogenated alkanes) is 1. The van der Waals surface area contributed by atoms with Gasteiger partial charge in [-0.05, 0) is 25.0 Å². The van der Waals surface area contributed by atoms with Crippen LogP contribution >= 0.6 is 0 Å². The number of hydrogen-bond donors (Lipinski definition) is 2. The molecule has 0 aliphatic carbocycles. The van der Waals surface area contributed by atoms with Crippen molar-refractivity contribution in [1.82, 2.24) is 0 Å². The van der Waals surface area contributed by atoms with Crippen LogP contribution in [-0.2, 0) is 0 Å². The average Bonchev–Trinajstić information content (AvgIpc) is 2.34. The molecular formula is C12H16N2O2. The van der Waals surface area contributed by atoms with E-state index < -0.39 is 0 Å². The van der Waals surface area contributed by atoms with Crippen molar-refractivity contribution in [1.29, 1.82) is 5.26 Å². The summed E-state index contributed by atoms with van der Waals surface area (Å²) < 4.78 is 5.18. The van der Waals surface area contributed by atoms with E-state index in [0.717, 1.165) is 25.1 Å². The van der Waals surface area contributed by atoms with Crippen molar-refractivity contribution in [2.24, 2.45) is 0 Å². The van der Waals surface area contributed by atoms with Crippen molar-refractivity contribution in [3.8, 4) is 11.8 Å². The van der Waals surface area contributed by atoms with E-state index >= 15 is 0 Å². The number of nitriles is 1. The predicted octanol–water partition coefficient (Wildman–Crippen LogP) is 1.75.